The molecule has 0 aromatic rings. The molecule has 0 amide bonds. The molecule has 2 heterocycles. The van der Waals surface area contributed by atoms with Crippen LogP contribution in [0.2, 0.25) is 0 Å². The van der Waals surface area contributed by atoms with E-state index >= 15 is 0 Å². The summed E-state index contributed by atoms with van der Waals surface area (Å²) in [5.41, 5.74) is 0.0196. The van der Waals surface area contributed by atoms with Crippen molar-refractivity contribution in [2.24, 2.45) is 5.41 Å². The van der Waals surface area contributed by atoms with E-state index in [1.807, 2.05) is 0 Å². The lowest BCUT2D eigenvalue weighted by Gasteiger charge is -2.45. The summed E-state index contributed by atoms with van der Waals surface area (Å²) in [4.78, 5) is 2.45. The molecule has 5 heteroatoms. The minimum Gasteiger partial charge on any atom is -0.394 e. The van der Waals surface area contributed by atoms with E-state index in [-0.39, 0.29) is 23.7 Å². The minimum atomic E-state index is -0.191. The van der Waals surface area contributed by atoms with Crippen LogP contribution in [0.5, 0.6) is 0 Å². The fourth-order valence-electron chi connectivity index (χ4n) is 3.61. The third kappa shape index (κ3) is 4.89. The molecule has 0 radical (unpaired) electrons. The molecule has 0 spiro atoms. The summed E-state index contributed by atoms with van der Waals surface area (Å²) in [6.07, 6.45) is 2.20. The Morgan fingerprint density at radius 1 is 1.38 bits per heavy atom. The zero-order valence-corrected chi connectivity index (χ0v) is 13.9. The van der Waals surface area contributed by atoms with Crippen molar-refractivity contribution in [3.8, 4) is 0 Å². The number of nitrogens with one attached hydrogen (secondary N) is 1. The van der Waals surface area contributed by atoms with E-state index in [2.05, 4.69) is 31.0 Å². The van der Waals surface area contributed by atoms with Crippen LogP contribution in [-0.4, -0.2) is 74.3 Å². The molecule has 2 saturated heterocycles. The number of rotatable bonds is 7. The van der Waals surface area contributed by atoms with Gasteiger partial charge in [-0.05, 0) is 33.2 Å². The molecule has 2 unspecified atom stereocenters. The lowest BCUT2D eigenvalue weighted by Crippen LogP contribution is -2.57. The van der Waals surface area contributed by atoms with E-state index in [0.717, 1.165) is 58.8 Å². The fourth-order valence-corrected chi connectivity index (χ4v) is 3.61. The van der Waals surface area contributed by atoms with Crippen molar-refractivity contribution in [3.05, 3.63) is 0 Å². The van der Waals surface area contributed by atoms with Crippen molar-refractivity contribution in [1.82, 2.24) is 10.2 Å². The average molecular weight is 300 g/mol. The van der Waals surface area contributed by atoms with Crippen LogP contribution in [0.1, 0.15) is 33.6 Å². The molecule has 2 aliphatic heterocycles. The molecule has 5 nitrogen and oxygen atoms in total. The van der Waals surface area contributed by atoms with Gasteiger partial charge in [0.25, 0.3) is 0 Å². The SMILES string of the molecule is CCCNCC1(CN2CC(CO)OC(C)(C)C2)CCOC1. The maximum absolute atomic E-state index is 9.45. The molecule has 2 atom stereocenters. The van der Waals surface area contributed by atoms with Crippen molar-refractivity contribution >= 4 is 0 Å². The van der Waals surface area contributed by atoms with Gasteiger partial charge in [0.2, 0.25) is 0 Å². The molecular weight excluding hydrogens is 268 g/mol. The zero-order valence-electron chi connectivity index (χ0n) is 13.9. The number of morpholine rings is 1. The fraction of sp³-hybridized carbons (Fsp3) is 1.00. The van der Waals surface area contributed by atoms with Gasteiger partial charge in [-0.25, -0.2) is 0 Å². The van der Waals surface area contributed by atoms with E-state index in [4.69, 9.17) is 9.47 Å². The largest absolute Gasteiger partial charge is 0.394 e. The molecular formula is C16H32N2O3. The van der Waals surface area contributed by atoms with Crippen molar-refractivity contribution in [2.45, 2.75) is 45.3 Å². The molecule has 0 aliphatic carbocycles. The highest BCUT2D eigenvalue weighted by molar-refractivity contribution is 4.92. The third-order valence-corrected chi connectivity index (χ3v) is 4.43. The van der Waals surface area contributed by atoms with Gasteiger partial charge in [-0.1, -0.05) is 6.92 Å². The van der Waals surface area contributed by atoms with Gasteiger partial charge in [-0.2, -0.15) is 0 Å². The summed E-state index contributed by atoms with van der Waals surface area (Å²) < 4.78 is 11.6. The quantitative estimate of drug-likeness (QED) is 0.683. The summed E-state index contributed by atoms with van der Waals surface area (Å²) in [5.74, 6) is 0. The summed E-state index contributed by atoms with van der Waals surface area (Å²) in [6, 6.07) is 0. The van der Waals surface area contributed by atoms with Crippen LogP contribution < -0.4 is 5.32 Å². The maximum Gasteiger partial charge on any atom is 0.0940 e. The number of hydrogen-bond acceptors (Lipinski definition) is 5. The number of hydrogen-bond donors (Lipinski definition) is 2. The van der Waals surface area contributed by atoms with Crippen molar-refractivity contribution in [1.29, 1.82) is 0 Å². The normalized spacial score (nSPS) is 33.4. The Morgan fingerprint density at radius 2 is 2.19 bits per heavy atom. The second-order valence-electron chi connectivity index (χ2n) is 7.33. The average Bonchev–Trinajstić information content (AvgIpc) is 2.86. The lowest BCUT2D eigenvalue weighted by molar-refractivity contribution is -0.154. The first-order valence-electron chi connectivity index (χ1n) is 8.28. The molecule has 0 bridgehead atoms. The van der Waals surface area contributed by atoms with Gasteiger partial charge < -0.3 is 19.9 Å². The van der Waals surface area contributed by atoms with E-state index in [9.17, 15) is 5.11 Å². The first kappa shape index (κ1) is 17.2. The van der Waals surface area contributed by atoms with E-state index in [1.54, 1.807) is 0 Å². The molecule has 2 N–H and O–H groups in total. The predicted octanol–water partition coefficient (Wildman–Crippen LogP) is 0.864. The number of aliphatic hydroxyl groups is 1. The van der Waals surface area contributed by atoms with Gasteiger partial charge >= 0.3 is 0 Å². The van der Waals surface area contributed by atoms with Gasteiger partial charge in [-0.15, -0.1) is 0 Å². The van der Waals surface area contributed by atoms with Crippen LogP contribution in [0, 0.1) is 5.41 Å². The Kier molecular flexibility index (Phi) is 6.03. The van der Waals surface area contributed by atoms with Crippen LogP contribution >= 0.6 is 0 Å². The predicted molar refractivity (Wildman–Crippen MR) is 83.5 cm³/mol. The van der Waals surface area contributed by atoms with E-state index in [0.29, 0.717) is 0 Å². The van der Waals surface area contributed by atoms with Crippen LogP contribution in [0.15, 0.2) is 0 Å². The molecule has 124 valence electrons. The van der Waals surface area contributed by atoms with Gasteiger partial charge in [0.05, 0.1) is 24.9 Å². The van der Waals surface area contributed by atoms with Crippen molar-refractivity contribution in [3.63, 3.8) is 0 Å². The summed E-state index contributed by atoms with van der Waals surface area (Å²) >= 11 is 0. The van der Waals surface area contributed by atoms with E-state index in [1.165, 1.54) is 0 Å². The molecule has 2 fully saturated rings. The summed E-state index contributed by atoms with van der Waals surface area (Å²) in [6.45, 7) is 13.0. The maximum atomic E-state index is 9.45. The highest BCUT2D eigenvalue weighted by atomic mass is 16.5. The Bertz CT molecular complexity index is 317. The molecule has 2 aliphatic rings. The smallest absolute Gasteiger partial charge is 0.0940 e. The first-order valence-corrected chi connectivity index (χ1v) is 8.28. The zero-order chi connectivity index (χ0) is 15.3. The molecule has 0 aromatic carbocycles. The molecule has 21 heavy (non-hydrogen) atoms. The second-order valence-corrected chi connectivity index (χ2v) is 7.33. The second kappa shape index (κ2) is 7.38. The Morgan fingerprint density at radius 3 is 2.81 bits per heavy atom. The first-order chi connectivity index (χ1) is 9.99. The van der Waals surface area contributed by atoms with Crippen molar-refractivity contribution < 1.29 is 14.6 Å². The van der Waals surface area contributed by atoms with Crippen LogP contribution in [-0.2, 0) is 9.47 Å². The molecule has 0 aromatic heterocycles. The van der Waals surface area contributed by atoms with Crippen LogP contribution in [0.4, 0.5) is 0 Å². The highest BCUT2D eigenvalue weighted by Crippen LogP contribution is 2.31. The topological polar surface area (TPSA) is 54.0 Å². The summed E-state index contributed by atoms with van der Waals surface area (Å²) in [7, 11) is 0. The third-order valence-electron chi connectivity index (χ3n) is 4.43. The van der Waals surface area contributed by atoms with Gasteiger partial charge in [0.15, 0.2) is 0 Å². The Hall–Kier alpha value is -0.200. The van der Waals surface area contributed by atoms with E-state index < -0.39 is 0 Å². The molecule has 2 rings (SSSR count). The number of nitrogens with zero attached hydrogens (tertiary/aromatic N) is 1. The van der Waals surface area contributed by atoms with Gasteiger partial charge in [0.1, 0.15) is 0 Å². The Balaban J connectivity index is 1.95. The van der Waals surface area contributed by atoms with Crippen LogP contribution in [0.25, 0.3) is 0 Å². The standard InChI is InChI=1S/C16H32N2O3/c1-4-6-17-10-16(5-7-20-13-16)12-18-8-14(9-19)21-15(2,3)11-18/h14,17,19H,4-13H2,1-3H3. The monoisotopic (exact) mass is 300 g/mol. The van der Waals surface area contributed by atoms with Gasteiger partial charge in [-0.3, -0.25) is 4.90 Å². The Labute approximate surface area is 129 Å². The number of aliphatic hydroxyl groups excluding tert-OH is 1. The number of ether oxygens (including phenoxy) is 2. The lowest BCUT2D eigenvalue weighted by atomic mass is 9.85. The highest BCUT2D eigenvalue weighted by Gasteiger charge is 2.40. The minimum absolute atomic E-state index is 0.0725. The summed E-state index contributed by atoms with van der Waals surface area (Å²) in [5, 5.41) is 13.0. The van der Waals surface area contributed by atoms with Gasteiger partial charge in [0, 0.05) is 38.2 Å². The van der Waals surface area contributed by atoms with Crippen molar-refractivity contribution in [2.75, 3.05) is 52.5 Å². The van der Waals surface area contributed by atoms with Crippen LogP contribution in [0.3, 0.4) is 0 Å². The molecule has 0 saturated carbocycles.